The number of carbonyl (C=O) groups is 3. The molecular weight excluding hydrogens is 184 g/mol. The Bertz CT molecular complexity index is 309. The fourth-order valence-corrected chi connectivity index (χ4v) is 1.56. The van der Waals surface area contributed by atoms with Crippen molar-refractivity contribution < 1.29 is 14.4 Å². The first-order valence-corrected chi connectivity index (χ1v) is 4.49. The highest BCUT2D eigenvalue weighted by atomic mass is 16.2. The number of carbonyl (C=O) groups excluding carboxylic acids is 3. The quantitative estimate of drug-likeness (QED) is 0.579. The zero-order valence-electron chi connectivity index (χ0n) is 8.83. The number of nitrogens with zero attached hydrogens (tertiary/aromatic N) is 2. The van der Waals surface area contributed by atoms with Crippen molar-refractivity contribution in [3.63, 3.8) is 0 Å². The molecule has 0 bridgehead atoms. The number of urea groups is 1. The van der Waals surface area contributed by atoms with Gasteiger partial charge in [-0.3, -0.25) is 14.5 Å². The SMILES string of the molecule is CCC(=O)N1C(=O)N(C)C(=O)C1(C)C. The fraction of sp³-hybridized carbons (Fsp3) is 0.667. The van der Waals surface area contributed by atoms with Crippen molar-refractivity contribution in [2.75, 3.05) is 7.05 Å². The number of rotatable bonds is 1. The zero-order chi connectivity index (χ0) is 11.1. The molecule has 0 unspecified atom stereocenters. The molecule has 0 aromatic heterocycles. The van der Waals surface area contributed by atoms with E-state index in [-0.39, 0.29) is 18.2 Å². The lowest BCUT2D eigenvalue weighted by Gasteiger charge is -2.25. The van der Waals surface area contributed by atoms with Gasteiger partial charge >= 0.3 is 6.03 Å². The number of hydrogen-bond donors (Lipinski definition) is 0. The molecule has 1 saturated heterocycles. The average Bonchev–Trinajstić information content (AvgIpc) is 2.27. The molecule has 0 aromatic rings. The van der Waals surface area contributed by atoms with Crippen LogP contribution in [0.15, 0.2) is 0 Å². The summed E-state index contributed by atoms with van der Waals surface area (Å²) in [6.07, 6.45) is 0.219. The average molecular weight is 198 g/mol. The van der Waals surface area contributed by atoms with Gasteiger partial charge in [0.1, 0.15) is 5.54 Å². The lowest BCUT2D eigenvalue weighted by Crippen LogP contribution is -2.47. The van der Waals surface area contributed by atoms with Crippen LogP contribution in [-0.2, 0) is 9.59 Å². The monoisotopic (exact) mass is 198 g/mol. The molecule has 0 saturated carbocycles. The van der Waals surface area contributed by atoms with E-state index in [1.165, 1.54) is 7.05 Å². The number of hydrogen-bond acceptors (Lipinski definition) is 3. The Labute approximate surface area is 82.7 Å². The van der Waals surface area contributed by atoms with E-state index in [2.05, 4.69) is 0 Å². The Balaban J connectivity index is 3.12. The van der Waals surface area contributed by atoms with E-state index < -0.39 is 11.6 Å². The minimum Gasteiger partial charge on any atom is -0.274 e. The standard InChI is InChI=1S/C9H14N2O3/c1-5-6(12)11-8(14)10(4)7(13)9(11,2)3/h5H2,1-4H3. The second-order valence-electron chi connectivity index (χ2n) is 3.79. The summed E-state index contributed by atoms with van der Waals surface area (Å²) in [6, 6.07) is -0.535. The van der Waals surface area contributed by atoms with Crippen molar-refractivity contribution in [2.45, 2.75) is 32.7 Å². The molecule has 1 aliphatic heterocycles. The van der Waals surface area contributed by atoms with Crippen LogP contribution in [0, 0.1) is 0 Å². The van der Waals surface area contributed by atoms with Crippen LogP contribution >= 0.6 is 0 Å². The van der Waals surface area contributed by atoms with E-state index in [0.717, 1.165) is 9.80 Å². The van der Waals surface area contributed by atoms with Crippen LogP contribution in [0.5, 0.6) is 0 Å². The van der Waals surface area contributed by atoms with Crippen LogP contribution < -0.4 is 0 Å². The van der Waals surface area contributed by atoms with Gasteiger partial charge in [0.15, 0.2) is 0 Å². The Morgan fingerprint density at radius 2 is 1.86 bits per heavy atom. The maximum atomic E-state index is 11.6. The van der Waals surface area contributed by atoms with Crippen molar-refractivity contribution in [2.24, 2.45) is 0 Å². The summed E-state index contributed by atoms with van der Waals surface area (Å²) in [4.78, 5) is 36.6. The molecule has 14 heavy (non-hydrogen) atoms. The van der Waals surface area contributed by atoms with E-state index in [9.17, 15) is 14.4 Å². The van der Waals surface area contributed by atoms with Gasteiger partial charge in [-0.05, 0) is 13.8 Å². The summed E-state index contributed by atoms with van der Waals surface area (Å²) in [5, 5.41) is 0. The van der Waals surface area contributed by atoms with E-state index in [1.807, 2.05) is 0 Å². The van der Waals surface area contributed by atoms with Crippen LogP contribution in [0.2, 0.25) is 0 Å². The normalized spacial score (nSPS) is 20.6. The minimum atomic E-state index is -1.04. The molecule has 1 aliphatic rings. The highest BCUT2D eigenvalue weighted by molar-refractivity contribution is 6.13. The molecule has 5 heteroatoms. The first-order valence-electron chi connectivity index (χ1n) is 4.49. The molecule has 0 aliphatic carbocycles. The molecule has 0 N–H and O–H groups in total. The summed E-state index contributed by atoms with van der Waals surface area (Å²) in [5.41, 5.74) is -1.04. The molecule has 0 spiro atoms. The van der Waals surface area contributed by atoms with E-state index in [4.69, 9.17) is 0 Å². The third-order valence-corrected chi connectivity index (χ3v) is 2.42. The fourth-order valence-electron chi connectivity index (χ4n) is 1.56. The second kappa shape index (κ2) is 3.08. The van der Waals surface area contributed by atoms with E-state index in [0.29, 0.717) is 0 Å². The van der Waals surface area contributed by atoms with Crippen molar-refractivity contribution in [3.05, 3.63) is 0 Å². The van der Waals surface area contributed by atoms with Crippen LogP contribution in [0.1, 0.15) is 27.2 Å². The molecule has 5 nitrogen and oxygen atoms in total. The number of imide groups is 2. The largest absolute Gasteiger partial charge is 0.334 e. The maximum absolute atomic E-state index is 11.6. The third-order valence-electron chi connectivity index (χ3n) is 2.42. The Kier molecular flexibility index (Phi) is 2.35. The molecule has 78 valence electrons. The van der Waals surface area contributed by atoms with Gasteiger partial charge in [0.2, 0.25) is 5.91 Å². The predicted octanol–water partition coefficient (Wildman–Crippen LogP) is 0.596. The molecule has 1 fully saturated rings. The predicted molar refractivity (Wildman–Crippen MR) is 49.4 cm³/mol. The molecule has 1 rings (SSSR count). The Morgan fingerprint density at radius 3 is 2.14 bits per heavy atom. The van der Waals surface area contributed by atoms with Crippen LogP contribution in [0.4, 0.5) is 4.79 Å². The smallest absolute Gasteiger partial charge is 0.274 e. The minimum absolute atomic E-state index is 0.219. The van der Waals surface area contributed by atoms with Gasteiger partial charge in [-0.1, -0.05) is 6.92 Å². The van der Waals surface area contributed by atoms with Crippen LogP contribution in [-0.4, -0.2) is 40.2 Å². The number of amides is 4. The molecule has 0 radical (unpaired) electrons. The van der Waals surface area contributed by atoms with Gasteiger partial charge in [-0.15, -0.1) is 0 Å². The highest BCUT2D eigenvalue weighted by Crippen LogP contribution is 2.26. The lowest BCUT2D eigenvalue weighted by atomic mass is 10.0. The topological polar surface area (TPSA) is 57.7 Å². The van der Waals surface area contributed by atoms with Gasteiger partial charge < -0.3 is 0 Å². The van der Waals surface area contributed by atoms with E-state index in [1.54, 1.807) is 20.8 Å². The van der Waals surface area contributed by atoms with Crippen molar-refractivity contribution >= 4 is 17.8 Å². The van der Waals surface area contributed by atoms with Gasteiger partial charge in [0.05, 0.1) is 0 Å². The lowest BCUT2D eigenvalue weighted by molar-refractivity contribution is -0.138. The first kappa shape index (κ1) is 10.7. The maximum Gasteiger partial charge on any atom is 0.334 e. The summed E-state index contributed by atoms with van der Waals surface area (Å²) in [6.45, 7) is 4.81. The summed E-state index contributed by atoms with van der Waals surface area (Å²) < 4.78 is 0. The summed E-state index contributed by atoms with van der Waals surface area (Å²) in [7, 11) is 1.38. The van der Waals surface area contributed by atoms with Crippen molar-refractivity contribution in [3.8, 4) is 0 Å². The highest BCUT2D eigenvalue weighted by Gasteiger charge is 2.52. The molecule has 4 amide bonds. The Morgan fingerprint density at radius 1 is 1.36 bits per heavy atom. The molecule has 0 aromatic carbocycles. The van der Waals surface area contributed by atoms with Gasteiger partial charge in [0.25, 0.3) is 5.91 Å². The van der Waals surface area contributed by atoms with Gasteiger partial charge in [-0.25, -0.2) is 9.69 Å². The number of likely N-dealkylation sites (N-methyl/N-ethyl adjacent to an activating group) is 1. The molecule has 1 heterocycles. The molecule has 0 atom stereocenters. The zero-order valence-corrected chi connectivity index (χ0v) is 8.83. The summed E-state index contributed by atoms with van der Waals surface area (Å²) in [5.74, 6) is -0.665. The first-order chi connectivity index (χ1) is 6.34. The van der Waals surface area contributed by atoms with Crippen LogP contribution in [0.3, 0.4) is 0 Å². The van der Waals surface area contributed by atoms with Gasteiger partial charge in [-0.2, -0.15) is 0 Å². The van der Waals surface area contributed by atoms with Crippen molar-refractivity contribution in [1.29, 1.82) is 0 Å². The van der Waals surface area contributed by atoms with Crippen LogP contribution in [0.25, 0.3) is 0 Å². The third kappa shape index (κ3) is 1.20. The summed E-state index contributed by atoms with van der Waals surface area (Å²) >= 11 is 0. The van der Waals surface area contributed by atoms with E-state index >= 15 is 0 Å². The second-order valence-corrected chi connectivity index (χ2v) is 3.79. The molecular formula is C9H14N2O3. The van der Waals surface area contributed by atoms with Crippen molar-refractivity contribution in [1.82, 2.24) is 9.80 Å². The van der Waals surface area contributed by atoms with Gasteiger partial charge in [0, 0.05) is 13.5 Å². The Hall–Kier alpha value is -1.39.